The predicted octanol–water partition coefficient (Wildman–Crippen LogP) is 2.63. The van der Waals surface area contributed by atoms with Crippen molar-refractivity contribution in [1.82, 2.24) is 10.6 Å². The van der Waals surface area contributed by atoms with Crippen molar-refractivity contribution in [3.8, 4) is 5.75 Å². The molecule has 136 valence electrons. The molecule has 8 heteroatoms. The minimum absolute atomic E-state index is 0.0647. The molecule has 2 atom stereocenters. The summed E-state index contributed by atoms with van der Waals surface area (Å²) >= 11 is 1.73. The maximum Gasteiger partial charge on any atom is 0.387 e. The van der Waals surface area contributed by atoms with Gasteiger partial charge in [0.15, 0.2) is 5.96 Å². The van der Waals surface area contributed by atoms with Crippen molar-refractivity contribution in [2.24, 2.45) is 4.99 Å². The third-order valence-corrected chi connectivity index (χ3v) is 4.16. The van der Waals surface area contributed by atoms with E-state index < -0.39 is 12.7 Å². The summed E-state index contributed by atoms with van der Waals surface area (Å²) in [5, 5.41) is 16.8. The molecule has 5 nitrogen and oxygen atoms in total. The minimum Gasteiger partial charge on any atom is -0.435 e. The van der Waals surface area contributed by atoms with Crippen LogP contribution in [0.25, 0.3) is 0 Å². The molecule has 24 heavy (non-hydrogen) atoms. The van der Waals surface area contributed by atoms with Gasteiger partial charge in [0.2, 0.25) is 0 Å². The van der Waals surface area contributed by atoms with Gasteiger partial charge in [-0.25, -0.2) is 0 Å². The van der Waals surface area contributed by atoms with Crippen molar-refractivity contribution in [1.29, 1.82) is 0 Å². The van der Waals surface area contributed by atoms with Gasteiger partial charge in [0.1, 0.15) is 5.75 Å². The van der Waals surface area contributed by atoms with Gasteiger partial charge in [-0.1, -0.05) is 19.1 Å². The highest BCUT2D eigenvalue weighted by Gasteiger charge is 2.10. The molecule has 1 aromatic rings. The number of nitrogens with one attached hydrogen (secondary N) is 2. The van der Waals surface area contributed by atoms with Gasteiger partial charge in [-0.3, -0.25) is 4.99 Å². The number of thioether (sulfide) groups is 1. The van der Waals surface area contributed by atoms with Crippen LogP contribution in [-0.2, 0) is 0 Å². The van der Waals surface area contributed by atoms with E-state index in [2.05, 4.69) is 27.3 Å². The Morgan fingerprint density at radius 1 is 1.29 bits per heavy atom. The molecule has 0 fully saturated rings. The van der Waals surface area contributed by atoms with Crippen LogP contribution >= 0.6 is 11.8 Å². The lowest BCUT2D eigenvalue weighted by molar-refractivity contribution is -0.0498. The molecule has 0 amide bonds. The topological polar surface area (TPSA) is 65.9 Å². The van der Waals surface area contributed by atoms with Crippen LogP contribution in [0, 0.1) is 0 Å². The van der Waals surface area contributed by atoms with E-state index in [0.717, 1.165) is 6.54 Å². The first-order valence-corrected chi connectivity index (χ1v) is 9.02. The molecule has 2 unspecified atom stereocenters. The SMILES string of the molecule is CCNC(=NCC(C)SC)NCC(O)c1ccc(OC(F)F)cc1. The summed E-state index contributed by atoms with van der Waals surface area (Å²) in [6.45, 7) is 2.85. The molecule has 0 spiro atoms. The molecule has 0 bridgehead atoms. The summed E-state index contributed by atoms with van der Waals surface area (Å²) in [6, 6.07) is 5.93. The number of benzene rings is 1. The van der Waals surface area contributed by atoms with Crippen molar-refractivity contribution in [2.45, 2.75) is 31.8 Å². The highest BCUT2D eigenvalue weighted by Crippen LogP contribution is 2.18. The average Bonchev–Trinajstić information content (AvgIpc) is 2.56. The number of hydrogen-bond donors (Lipinski definition) is 3. The molecule has 0 aromatic heterocycles. The van der Waals surface area contributed by atoms with Crippen LogP contribution in [0.1, 0.15) is 25.5 Å². The fraction of sp³-hybridized carbons (Fsp3) is 0.562. The minimum atomic E-state index is -2.86. The Hall–Kier alpha value is -1.54. The second-order valence-electron chi connectivity index (χ2n) is 5.11. The van der Waals surface area contributed by atoms with Crippen molar-refractivity contribution < 1.29 is 18.6 Å². The summed E-state index contributed by atoms with van der Waals surface area (Å²) < 4.78 is 28.5. The smallest absolute Gasteiger partial charge is 0.387 e. The van der Waals surface area contributed by atoms with E-state index in [-0.39, 0.29) is 12.3 Å². The van der Waals surface area contributed by atoms with Crippen LogP contribution in [0.5, 0.6) is 5.75 Å². The van der Waals surface area contributed by atoms with E-state index in [1.165, 1.54) is 12.1 Å². The summed E-state index contributed by atoms with van der Waals surface area (Å²) in [4.78, 5) is 4.46. The quantitative estimate of drug-likeness (QED) is 0.466. The Morgan fingerprint density at radius 3 is 2.50 bits per heavy atom. The van der Waals surface area contributed by atoms with Gasteiger partial charge in [0.05, 0.1) is 12.6 Å². The number of ether oxygens (including phenoxy) is 1. The van der Waals surface area contributed by atoms with Gasteiger partial charge in [-0.2, -0.15) is 20.5 Å². The first kappa shape index (κ1) is 20.5. The number of nitrogens with zero attached hydrogens (tertiary/aromatic N) is 1. The Balaban J connectivity index is 2.56. The maximum absolute atomic E-state index is 12.1. The standard InChI is InChI=1S/C16H25F2N3O2S/c1-4-19-16(20-9-11(2)24-3)21-10-14(22)12-5-7-13(8-6-12)23-15(17)18/h5-8,11,14-15,22H,4,9-10H2,1-3H3,(H2,19,20,21). The van der Waals surface area contributed by atoms with E-state index in [1.54, 1.807) is 23.9 Å². The number of aliphatic imine (C=N–C) groups is 1. The molecule has 0 aliphatic rings. The Morgan fingerprint density at radius 2 is 1.96 bits per heavy atom. The lowest BCUT2D eigenvalue weighted by Gasteiger charge is -2.16. The number of halogens is 2. The Bertz CT molecular complexity index is 501. The van der Waals surface area contributed by atoms with Crippen molar-refractivity contribution in [3.05, 3.63) is 29.8 Å². The normalized spacial score (nSPS) is 14.4. The summed E-state index contributed by atoms with van der Waals surface area (Å²) in [6.07, 6.45) is 1.25. The van der Waals surface area contributed by atoms with Crippen LogP contribution in [0.3, 0.4) is 0 Å². The number of alkyl halides is 2. The van der Waals surface area contributed by atoms with E-state index in [0.29, 0.717) is 23.3 Å². The lowest BCUT2D eigenvalue weighted by Crippen LogP contribution is -2.39. The molecule has 0 saturated heterocycles. The van der Waals surface area contributed by atoms with Gasteiger partial charge >= 0.3 is 6.61 Å². The van der Waals surface area contributed by atoms with Crippen LogP contribution in [0.15, 0.2) is 29.3 Å². The predicted molar refractivity (Wildman–Crippen MR) is 95.0 cm³/mol. The van der Waals surface area contributed by atoms with Crippen molar-refractivity contribution in [2.75, 3.05) is 25.9 Å². The van der Waals surface area contributed by atoms with Crippen LogP contribution in [-0.4, -0.2) is 48.8 Å². The zero-order valence-electron chi connectivity index (χ0n) is 14.1. The third kappa shape index (κ3) is 7.83. The van der Waals surface area contributed by atoms with Gasteiger partial charge in [0, 0.05) is 18.3 Å². The molecule has 0 heterocycles. The van der Waals surface area contributed by atoms with E-state index >= 15 is 0 Å². The van der Waals surface area contributed by atoms with Crippen LogP contribution in [0.4, 0.5) is 8.78 Å². The zero-order chi connectivity index (χ0) is 17.9. The molecule has 0 saturated carbocycles. The van der Waals surface area contributed by atoms with Gasteiger partial charge in [0.25, 0.3) is 0 Å². The lowest BCUT2D eigenvalue weighted by atomic mass is 10.1. The number of guanidine groups is 1. The molecule has 0 radical (unpaired) electrons. The zero-order valence-corrected chi connectivity index (χ0v) is 14.9. The molecule has 1 rings (SSSR count). The number of aliphatic hydroxyl groups is 1. The van der Waals surface area contributed by atoms with Gasteiger partial charge in [-0.05, 0) is 30.9 Å². The van der Waals surface area contributed by atoms with E-state index in [1.807, 2.05) is 13.2 Å². The Kier molecular flexibility index (Phi) is 9.48. The van der Waals surface area contributed by atoms with Crippen LogP contribution in [0.2, 0.25) is 0 Å². The monoisotopic (exact) mass is 361 g/mol. The van der Waals surface area contributed by atoms with Crippen molar-refractivity contribution in [3.63, 3.8) is 0 Å². The fourth-order valence-electron chi connectivity index (χ4n) is 1.82. The highest BCUT2D eigenvalue weighted by atomic mass is 32.2. The second kappa shape index (κ2) is 11.1. The largest absolute Gasteiger partial charge is 0.435 e. The Labute approximate surface area is 145 Å². The first-order valence-electron chi connectivity index (χ1n) is 7.74. The van der Waals surface area contributed by atoms with E-state index in [9.17, 15) is 13.9 Å². The molecule has 3 N–H and O–H groups in total. The summed E-state index contributed by atoms with van der Waals surface area (Å²) in [5.41, 5.74) is 0.609. The fourth-order valence-corrected chi connectivity index (χ4v) is 2.04. The van der Waals surface area contributed by atoms with E-state index in [4.69, 9.17) is 0 Å². The highest BCUT2D eigenvalue weighted by molar-refractivity contribution is 7.99. The molecular weight excluding hydrogens is 336 g/mol. The first-order chi connectivity index (χ1) is 11.5. The second-order valence-corrected chi connectivity index (χ2v) is 6.39. The number of hydrogen-bond acceptors (Lipinski definition) is 4. The molecule has 0 aliphatic carbocycles. The maximum atomic E-state index is 12.1. The third-order valence-electron chi connectivity index (χ3n) is 3.21. The number of aliphatic hydroxyl groups excluding tert-OH is 1. The van der Waals surface area contributed by atoms with Crippen LogP contribution < -0.4 is 15.4 Å². The van der Waals surface area contributed by atoms with Gasteiger partial charge < -0.3 is 20.5 Å². The summed E-state index contributed by atoms with van der Waals surface area (Å²) in [5.74, 6) is 0.699. The summed E-state index contributed by atoms with van der Waals surface area (Å²) in [7, 11) is 0. The molecular formula is C16H25F2N3O2S. The molecule has 1 aromatic carbocycles. The average molecular weight is 361 g/mol. The number of rotatable bonds is 9. The van der Waals surface area contributed by atoms with Crippen molar-refractivity contribution >= 4 is 17.7 Å². The molecule has 0 aliphatic heterocycles. The van der Waals surface area contributed by atoms with Gasteiger partial charge in [-0.15, -0.1) is 0 Å².